The van der Waals surface area contributed by atoms with Crippen LogP contribution in [0.15, 0.2) is 18.2 Å². The smallest absolute Gasteiger partial charge is 0.303 e. The van der Waals surface area contributed by atoms with Crippen LogP contribution in [0.3, 0.4) is 0 Å². The van der Waals surface area contributed by atoms with E-state index in [1.54, 1.807) is 13.0 Å². The Labute approximate surface area is 148 Å². The number of carbonyl (C=O) groups is 2. The standard InChI is InChI=1S/C19H27FN2O3/c1-13-10-16(20)6-4-14(13)11-18(23)22-9-8-17(21(2)3)15(12-22)5-7-19(24)25/h4,6,10,15,17H,5,7-9,11-12H2,1-3H3,(H,24,25). The van der Waals surface area contributed by atoms with Crippen LogP contribution in [0.5, 0.6) is 0 Å². The summed E-state index contributed by atoms with van der Waals surface area (Å²) in [6.07, 6.45) is 1.78. The van der Waals surface area contributed by atoms with Gasteiger partial charge in [-0.15, -0.1) is 0 Å². The van der Waals surface area contributed by atoms with Gasteiger partial charge in [0.25, 0.3) is 0 Å². The van der Waals surface area contributed by atoms with Gasteiger partial charge < -0.3 is 14.9 Å². The van der Waals surface area contributed by atoms with Crippen molar-refractivity contribution in [2.24, 2.45) is 5.92 Å². The quantitative estimate of drug-likeness (QED) is 0.855. The normalized spacial score (nSPS) is 20.8. The number of piperidine rings is 1. The van der Waals surface area contributed by atoms with Crippen LogP contribution in [0.1, 0.15) is 30.4 Å². The van der Waals surface area contributed by atoms with E-state index in [9.17, 15) is 14.0 Å². The zero-order valence-corrected chi connectivity index (χ0v) is 15.2. The van der Waals surface area contributed by atoms with Crippen molar-refractivity contribution in [2.75, 3.05) is 27.2 Å². The molecule has 2 atom stereocenters. The topological polar surface area (TPSA) is 60.9 Å². The Kier molecular flexibility index (Phi) is 6.53. The van der Waals surface area contributed by atoms with Crippen molar-refractivity contribution in [3.8, 4) is 0 Å². The van der Waals surface area contributed by atoms with E-state index in [1.807, 2.05) is 19.0 Å². The van der Waals surface area contributed by atoms with Crippen molar-refractivity contribution in [3.63, 3.8) is 0 Å². The van der Waals surface area contributed by atoms with Crippen LogP contribution in [0, 0.1) is 18.7 Å². The summed E-state index contributed by atoms with van der Waals surface area (Å²) in [6, 6.07) is 4.77. The van der Waals surface area contributed by atoms with Crippen molar-refractivity contribution in [2.45, 2.75) is 38.6 Å². The molecule has 0 bridgehead atoms. The fourth-order valence-electron chi connectivity index (χ4n) is 3.65. The Hall–Kier alpha value is -1.95. The first-order chi connectivity index (χ1) is 11.8. The Bertz CT molecular complexity index is 633. The average molecular weight is 350 g/mol. The molecule has 1 saturated heterocycles. The number of amides is 1. The molecule has 1 aliphatic rings. The summed E-state index contributed by atoms with van der Waals surface area (Å²) in [4.78, 5) is 27.5. The van der Waals surface area contributed by atoms with Gasteiger partial charge in [-0.3, -0.25) is 9.59 Å². The van der Waals surface area contributed by atoms with Gasteiger partial charge in [-0.25, -0.2) is 4.39 Å². The van der Waals surface area contributed by atoms with Crippen molar-refractivity contribution in [3.05, 3.63) is 35.1 Å². The molecule has 1 aromatic carbocycles. The molecule has 1 aliphatic heterocycles. The van der Waals surface area contributed by atoms with E-state index >= 15 is 0 Å². The lowest BCUT2D eigenvalue weighted by Crippen LogP contribution is -2.51. The van der Waals surface area contributed by atoms with Gasteiger partial charge in [-0.1, -0.05) is 6.07 Å². The minimum atomic E-state index is -0.803. The molecule has 1 fully saturated rings. The van der Waals surface area contributed by atoms with Crippen molar-refractivity contribution >= 4 is 11.9 Å². The number of aliphatic carboxylic acids is 1. The van der Waals surface area contributed by atoms with Gasteiger partial charge in [-0.2, -0.15) is 0 Å². The lowest BCUT2D eigenvalue weighted by molar-refractivity contribution is -0.137. The molecule has 1 N–H and O–H groups in total. The third kappa shape index (κ3) is 5.26. The number of carboxylic acids is 1. The summed E-state index contributed by atoms with van der Waals surface area (Å²) in [6.45, 7) is 3.06. The van der Waals surface area contributed by atoms with Gasteiger partial charge in [0.2, 0.25) is 5.91 Å². The highest BCUT2D eigenvalue weighted by molar-refractivity contribution is 5.79. The molecule has 0 radical (unpaired) electrons. The summed E-state index contributed by atoms with van der Waals surface area (Å²) in [5.41, 5.74) is 1.61. The fourth-order valence-corrected chi connectivity index (χ4v) is 3.65. The largest absolute Gasteiger partial charge is 0.481 e. The monoisotopic (exact) mass is 350 g/mol. The maximum absolute atomic E-state index is 13.2. The van der Waals surface area contributed by atoms with Gasteiger partial charge in [-0.05, 0) is 63.0 Å². The van der Waals surface area contributed by atoms with Crippen LogP contribution in [0.4, 0.5) is 4.39 Å². The number of benzene rings is 1. The second-order valence-corrected chi connectivity index (χ2v) is 7.10. The summed E-state index contributed by atoms with van der Waals surface area (Å²) < 4.78 is 13.2. The first-order valence-corrected chi connectivity index (χ1v) is 8.69. The van der Waals surface area contributed by atoms with E-state index in [1.165, 1.54) is 12.1 Å². The van der Waals surface area contributed by atoms with Crippen LogP contribution in [0.25, 0.3) is 0 Å². The molecule has 0 aliphatic carbocycles. The maximum Gasteiger partial charge on any atom is 0.303 e. The minimum absolute atomic E-state index is 0.0206. The zero-order valence-electron chi connectivity index (χ0n) is 15.2. The predicted molar refractivity (Wildman–Crippen MR) is 93.9 cm³/mol. The summed E-state index contributed by atoms with van der Waals surface area (Å²) in [5.74, 6) is -0.928. The van der Waals surface area contributed by atoms with Gasteiger partial charge in [0.1, 0.15) is 5.82 Å². The first kappa shape index (κ1) is 19.4. The third-order valence-corrected chi connectivity index (χ3v) is 5.09. The van der Waals surface area contributed by atoms with E-state index in [0.717, 1.165) is 17.5 Å². The number of rotatable bonds is 6. The molecule has 1 aromatic rings. The maximum atomic E-state index is 13.2. The molecule has 25 heavy (non-hydrogen) atoms. The number of aryl methyl sites for hydroxylation is 1. The molecule has 0 spiro atoms. The fraction of sp³-hybridized carbons (Fsp3) is 0.579. The number of hydrogen-bond acceptors (Lipinski definition) is 3. The highest BCUT2D eigenvalue weighted by Crippen LogP contribution is 2.25. The summed E-state index contributed by atoms with van der Waals surface area (Å²) >= 11 is 0. The summed E-state index contributed by atoms with van der Waals surface area (Å²) in [7, 11) is 4.00. The molecule has 0 saturated carbocycles. The number of halogens is 1. The van der Waals surface area contributed by atoms with E-state index in [2.05, 4.69) is 4.90 Å². The highest BCUT2D eigenvalue weighted by atomic mass is 19.1. The SMILES string of the molecule is Cc1cc(F)ccc1CC(=O)N1CCC(N(C)C)C(CCC(=O)O)C1. The van der Waals surface area contributed by atoms with Gasteiger partial charge in [0, 0.05) is 25.6 Å². The zero-order chi connectivity index (χ0) is 18.6. The molecule has 1 heterocycles. The Morgan fingerprint density at radius 3 is 2.68 bits per heavy atom. The second-order valence-electron chi connectivity index (χ2n) is 7.10. The second kappa shape index (κ2) is 8.43. The molecule has 138 valence electrons. The third-order valence-electron chi connectivity index (χ3n) is 5.09. The molecule has 2 rings (SSSR count). The molecule has 2 unspecified atom stereocenters. The van der Waals surface area contributed by atoms with Crippen LogP contribution >= 0.6 is 0 Å². The highest BCUT2D eigenvalue weighted by Gasteiger charge is 2.32. The summed E-state index contributed by atoms with van der Waals surface area (Å²) in [5, 5.41) is 8.97. The van der Waals surface area contributed by atoms with E-state index in [0.29, 0.717) is 19.5 Å². The Balaban J connectivity index is 2.03. The first-order valence-electron chi connectivity index (χ1n) is 8.69. The number of likely N-dealkylation sites (tertiary alicyclic amines) is 1. The Morgan fingerprint density at radius 1 is 1.36 bits per heavy atom. The van der Waals surface area contributed by atoms with E-state index in [4.69, 9.17) is 5.11 Å². The van der Waals surface area contributed by atoms with Crippen LogP contribution in [-0.2, 0) is 16.0 Å². The van der Waals surface area contributed by atoms with Gasteiger partial charge >= 0.3 is 5.97 Å². The molecule has 5 nitrogen and oxygen atoms in total. The van der Waals surface area contributed by atoms with Gasteiger partial charge in [0.05, 0.1) is 6.42 Å². The van der Waals surface area contributed by atoms with Crippen LogP contribution < -0.4 is 0 Å². The van der Waals surface area contributed by atoms with Crippen molar-refractivity contribution in [1.29, 1.82) is 0 Å². The molecule has 0 aromatic heterocycles. The number of hydrogen-bond donors (Lipinski definition) is 1. The van der Waals surface area contributed by atoms with Crippen LogP contribution in [-0.4, -0.2) is 60.0 Å². The van der Waals surface area contributed by atoms with Gasteiger partial charge in [0.15, 0.2) is 0 Å². The average Bonchev–Trinajstić information content (AvgIpc) is 2.55. The van der Waals surface area contributed by atoms with Crippen molar-refractivity contribution in [1.82, 2.24) is 9.80 Å². The van der Waals surface area contributed by atoms with Crippen LogP contribution in [0.2, 0.25) is 0 Å². The number of carbonyl (C=O) groups excluding carboxylic acids is 1. The Morgan fingerprint density at radius 2 is 2.08 bits per heavy atom. The number of carboxylic acid groups (broad SMARTS) is 1. The van der Waals surface area contributed by atoms with E-state index in [-0.39, 0.29) is 36.5 Å². The van der Waals surface area contributed by atoms with Crippen molar-refractivity contribution < 1.29 is 19.1 Å². The predicted octanol–water partition coefficient (Wildman–Crippen LogP) is 2.32. The number of nitrogens with zero attached hydrogens (tertiary/aromatic N) is 2. The van der Waals surface area contributed by atoms with E-state index < -0.39 is 5.97 Å². The minimum Gasteiger partial charge on any atom is -0.481 e. The molecule has 6 heteroatoms. The molecular weight excluding hydrogens is 323 g/mol. The lowest BCUT2D eigenvalue weighted by Gasteiger charge is -2.41. The molecular formula is C19H27FN2O3. The molecule has 1 amide bonds. The lowest BCUT2D eigenvalue weighted by atomic mass is 9.87.